The van der Waals surface area contributed by atoms with E-state index in [4.69, 9.17) is 4.74 Å². The number of rotatable bonds is 17. The average Bonchev–Trinajstić information content (AvgIpc) is 3.78. The quantitative estimate of drug-likeness (QED) is 0.137. The van der Waals surface area contributed by atoms with Gasteiger partial charge in [0.1, 0.15) is 12.8 Å². The Morgan fingerprint density at radius 3 is 2.15 bits per heavy atom. The Morgan fingerprint density at radius 2 is 1.51 bits per heavy atom. The lowest BCUT2D eigenvalue weighted by Crippen LogP contribution is -2.33. The molecule has 0 bridgehead atoms. The summed E-state index contributed by atoms with van der Waals surface area (Å²) in [6, 6.07) is 1.20. The molecule has 0 saturated heterocycles. The number of fused-ring (bicyclic) bond motifs is 1. The third-order valence-corrected chi connectivity index (χ3v) is 8.49. The van der Waals surface area contributed by atoms with Gasteiger partial charge in [-0.1, -0.05) is 77.6 Å². The number of aromatic nitrogens is 2. The molecule has 4 rings (SSSR count). The lowest BCUT2D eigenvalue weighted by Gasteiger charge is -2.34. The Hall–Kier alpha value is -2.32. The van der Waals surface area contributed by atoms with Crippen LogP contribution in [0.25, 0.3) is 11.4 Å². The maximum atomic E-state index is 15.4. The molecule has 0 radical (unpaired) electrons. The van der Waals surface area contributed by atoms with E-state index in [1.54, 1.807) is 6.92 Å². The number of halogens is 6. The number of hydrogen-bond donors (Lipinski definition) is 0. The summed E-state index contributed by atoms with van der Waals surface area (Å²) in [4.78, 5) is 7.91. The molecule has 0 spiro atoms. The second-order valence-electron chi connectivity index (χ2n) is 11.8. The third-order valence-electron chi connectivity index (χ3n) is 8.49. The molecule has 3 nitrogen and oxygen atoms in total. The Labute approximate surface area is 239 Å². The zero-order valence-electron chi connectivity index (χ0n) is 23.9. The number of unbranched alkanes of at least 4 members (excludes halogenated alkanes) is 6. The van der Waals surface area contributed by atoms with E-state index in [2.05, 4.69) is 9.97 Å². The molecule has 2 aromatic rings. The van der Waals surface area contributed by atoms with Gasteiger partial charge in [-0.3, -0.25) is 0 Å². The summed E-state index contributed by atoms with van der Waals surface area (Å²) < 4.78 is 93.7. The molecule has 0 amide bonds. The van der Waals surface area contributed by atoms with Crippen LogP contribution in [0.1, 0.15) is 108 Å². The Bertz CT molecular complexity index is 1110. The first-order valence-corrected chi connectivity index (χ1v) is 15.3. The molecular formula is C32H42F6N2O. The van der Waals surface area contributed by atoms with Gasteiger partial charge in [-0.2, -0.15) is 0 Å². The molecule has 0 aliphatic heterocycles. The van der Waals surface area contributed by atoms with E-state index in [1.165, 1.54) is 44.6 Å². The van der Waals surface area contributed by atoms with E-state index >= 15 is 17.6 Å². The molecule has 0 N–H and O–H groups in total. The zero-order valence-corrected chi connectivity index (χ0v) is 23.9. The molecule has 3 unspecified atom stereocenters. The highest BCUT2D eigenvalue weighted by atomic mass is 19.3. The lowest BCUT2D eigenvalue weighted by atomic mass is 9.77. The molecule has 41 heavy (non-hydrogen) atoms. The van der Waals surface area contributed by atoms with Crippen molar-refractivity contribution in [1.29, 1.82) is 0 Å². The first kappa shape index (κ1) is 31.6. The summed E-state index contributed by atoms with van der Waals surface area (Å²) in [5.41, 5.74) is -1.12. The van der Waals surface area contributed by atoms with Crippen LogP contribution in [0.5, 0.6) is 5.75 Å². The van der Waals surface area contributed by atoms with Crippen LogP contribution in [0.4, 0.5) is 26.3 Å². The van der Waals surface area contributed by atoms with Crippen LogP contribution in [-0.2, 0) is 12.3 Å². The van der Waals surface area contributed by atoms with Crippen molar-refractivity contribution in [2.75, 3.05) is 6.61 Å². The van der Waals surface area contributed by atoms with Crippen LogP contribution in [0.2, 0.25) is 0 Å². The number of benzene rings is 1. The molecule has 2 aliphatic carbocycles. The SMILES string of the molecule is CCCC(F)C(F)COc1cnc(-c2cc3c(c(F)c2F)C(F)(F)C(CCCCCCCCCC2CC2)CC3)nc1. The maximum absolute atomic E-state index is 15.4. The predicted molar refractivity (Wildman–Crippen MR) is 148 cm³/mol. The topological polar surface area (TPSA) is 35.0 Å². The Morgan fingerprint density at radius 1 is 0.878 bits per heavy atom. The van der Waals surface area contributed by atoms with Gasteiger partial charge in [0.15, 0.2) is 29.4 Å². The maximum Gasteiger partial charge on any atom is 0.279 e. The van der Waals surface area contributed by atoms with Gasteiger partial charge in [-0.25, -0.2) is 36.3 Å². The van der Waals surface area contributed by atoms with Crippen LogP contribution in [-0.4, -0.2) is 28.9 Å². The summed E-state index contributed by atoms with van der Waals surface area (Å²) >= 11 is 0. The number of alkyl halides is 4. The normalized spacial score (nSPS) is 19.5. The minimum atomic E-state index is -3.46. The largest absolute Gasteiger partial charge is 0.487 e. The van der Waals surface area contributed by atoms with Gasteiger partial charge >= 0.3 is 0 Å². The molecular weight excluding hydrogens is 542 g/mol. The molecule has 228 valence electrons. The fourth-order valence-electron chi connectivity index (χ4n) is 5.82. The van der Waals surface area contributed by atoms with Crippen LogP contribution < -0.4 is 4.74 Å². The van der Waals surface area contributed by atoms with Crippen molar-refractivity contribution in [1.82, 2.24) is 9.97 Å². The average molecular weight is 585 g/mol. The van der Waals surface area contributed by atoms with E-state index < -0.39 is 48.0 Å². The van der Waals surface area contributed by atoms with E-state index in [0.717, 1.165) is 37.6 Å². The summed E-state index contributed by atoms with van der Waals surface area (Å²) in [5.74, 6) is -6.69. The van der Waals surface area contributed by atoms with Crippen molar-refractivity contribution in [2.24, 2.45) is 11.8 Å². The number of nitrogens with zero attached hydrogens (tertiary/aromatic N) is 2. The highest BCUT2D eigenvalue weighted by Crippen LogP contribution is 2.49. The van der Waals surface area contributed by atoms with Crippen molar-refractivity contribution < 1.29 is 31.1 Å². The molecule has 1 saturated carbocycles. The fourth-order valence-corrected chi connectivity index (χ4v) is 5.82. The number of hydrogen-bond acceptors (Lipinski definition) is 3. The summed E-state index contributed by atoms with van der Waals surface area (Å²) in [6.07, 6.45) is 11.5. The highest BCUT2D eigenvalue weighted by molar-refractivity contribution is 5.60. The minimum Gasteiger partial charge on any atom is -0.487 e. The third kappa shape index (κ3) is 8.38. The molecule has 1 aromatic carbocycles. The second-order valence-corrected chi connectivity index (χ2v) is 11.8. The Balaban J connectivity index is 1.31. The van der Waals surface area contributed by atoms with E-state index in [0.29, 0.717) is 12.8 Å². The van der Waals surface area contributed by atoms with Crippen molar-refractivity contribution in [2.45, 2.75) is 122 Å². The van der Waals surface area contributed by atoms with E-state index in [-0.39, 0.29) is 48.4 Å². The van der Waals surface area contributed by atoms with E-state index in [9.17, 15) is 8.78 Å². The molecule has 1 heterocycles. The van der Waals surface area contributed by atoms with Gasteiger partial charge in [0, 0.05) is 5.92 Å². The first-order chi connectivity index (χ1) is 19.7. The smallest absolute Gasteiger partial charge is 0.279 e. The van der Waals surface area contributed by atoms with Crippen molar-refractivity contribution >= 4 is 0 Å². The van der Waals surface area contributed by atoms with Crippen molar-refractivity contribution in [3.63, 3.8) is 0 Å². The van der Waals surface area contributed by atoms with Gasteiger partial charge in [-0.05, 0) is 43.2 Å². The monoisotopic (exact) mass is 584 g/mol. The van der Waals surface area contributed by atoms with Crippen molar-refractivity contribution in [3.05, 3.63) is 41.2 Å². The Kier molecular flexibility index (Phi) is 11.4. The standard InChI is InChI=1S/C32H42F6N2O/c1-2-10-26(33)27(34)20-41-24-18-39-31(40-19-24)25-17-22-15-16-23(32(37,38)28(22)30(36)29(25)35)12-9-7-5-3-4-6-8-11-21-13-14-21/h17-19,21,23,26-27H,2-16,20H2,1H3. The molecule has 9 heteroatoms. The van der Waals surface area contributed by atoms with Crippen LogP contribution in [0.15, 0.2) is 18.5 Å². The zero-order chi connectivity index (χ0) is 29.4. The number of ether oxygens (including phenoxy) is 1. The molecule has 2 aliphatic rings. The molecule has 1 aromatic heterocycles. The van der Waals surface area contributed by atoms with Gasteiger partial charge < -0.3 is 4.74 Å². The summed E-state index contributed by atoms with van der Waals surface area (Å²) in [7, 11) is 0. The van der Waals surface area contributed by atoms with E-state index in [1.807, 2.05) is 0 Å². The molecule has 1 fully saturated rings. The fraction of sp³-hybridized carbons (Fsp3) is 0.688. The summed E-state index contributed by atoms with van der Waals surface area (Å²) in [5, 5.41) is 0. The molecule has 3 atom stereocenters. The first-order valence-electron chi connectivity index (χ1n) is 15.3. The van der Waals surface area contributed by atoms with Gasteiger partial charge in [0.25, 0.3) is 5.92 Å². The number of aryl methyl sites for hydroxylation is 1. The van der Waals surface area contributed by atoms with Crippen LogP contribution in [0, 0.1) is 23.5 Å². The van der Waals surface area contributed by atoms with Crippen molar-refractivity contribution in [3.8, 4) is 17.1 Å². The van der Waals surface area contributed by atoms with Gasteiger partial charge in [0.2, 0.25) is 0 Å². The second kappa shape index (κ2) is 14.7. The predicted octanol–water partition coefficient (Wildman–Crippen LogP) is 9.85. The summed E-state index contributed by atoms with van der Waals surface area (Å²) in [6.45, 7) is 1.21. The highest BCUT2D eigenvalue weighted by Gasteiger charge is 2.48. The van der Waals surface area contributed by atoms with Crippen LogP contribution in [0.3, 0.4) is 0 Å². The van der Waals surface area contributed by atoms with Crippen LogP contribution >= 0.6 is 0 Å². The van der Waals surface area contributed by atoms with Gasteiger partial charge in [0.05, 0.1) is 23.5 Å². The minimum absolute atomic E-state index is 0.0295. The van der Waals surface area contributed by atoms with Gasteiger partial charge in [-0.15, -0.1) is 0 Å². The lowest BCUT2D eigenvalue weighted by molar-refractivity contribution is -0.0823.